The first-order chi connectivity index (χ1) is 12.2. The van der Waals surface area contributed by atoms with Crippen molar-refractivity contribution in [3.05, 3.63) is 24.0 Å². The topological polar surface area (TPSA) is 80.9 Å². The van der Waals surface area contributed by atoms with Crippen LogP contribution >= 0.6 is 0 Å². The number of nitrogens with zero attached hydrogens (tertiary/aromatic N) is 6. The molecular weight excluding hydrogens is 318 g/mol. The largest absolute Gasteiger partial charge is 0.308 e. The maximum absolute atomic E-state index is 13.0. The molecule has 1 amide bonds. The van der Waals surface area contributed by atoms with Gasteiger partial charge in [0.2, 0.25) is 5.91 Å². The zero-order chi connectivity index (χ0) is 17.4. The monoisotopic (exact) mass is 343 g/mol. The van der Waals surface area contributed by atoms with E-state index in [-0.39, 0.29) is 18.0 Å². The fraction of sp³-hybridized carbons (Fsp3) is 0.647. The van der Waals surface area contributed by atoms with Crippen LogP contribution in [-0.4, -0.2) is 43.0 Å². The van der Waals surface area contributed by atoms with E-state index in [4.69, 9.17) is 0 Å². The first kappa shape index (κ1) is 16.3. The SMILES string of the molecule is CCc1nc2n(n1)CCC[C@H]2N[C@@H]1CCCN(c2cnn(C)c2)C1=O. The number of fused-ring (bicyclic) bond motifs is 1. The number of carbonyl (C=O) groups excluding carboxylic acids is 1. The molecule has 0 aliphatic carbocycles. The highest BCUT2D eigenvalue weighted by Crippen LogP contribution is 2.27. The summed E-state index contributed by atoms with van der Waals surface area (Å²) in [5, 5.41) is 12.3. The summed E-state index contributed by atoms with van der Waals surface area (Å²) in [4.78, 5) is 19.5. The van der Waals surface area contributed by atoms with Crippen molar-refractivity contribution in [2.24, 2.45) is 7.05 Å². The lowest BCUT2D eigenvalue weighted by Crippen LogP contribution is -2.52. The number of aromatic nitrogens is 5. The number of hydrogen-bond donors (Lipinski definition) is 1. The van der Waals surface area contributed by atoms with E-state index in [2.05, 4.69) is 27.4 Å². The number of anilines is 1. The summed E-state index contributed by atoms with van der Waals surface area (Å²) in [6.07, 6.45) is 8.39. The third-order valence-electron chi connectivity index (χ3n) is 5.08. The molecule has 0 radical (unpaired) electrons. The van der Waals surface area contributed by atoms with E-state index in [9.17, 15) is 4.79 Å². The molecule has 0 spiro atoms. The molecule has 4 rings (SSSR count). The summed E-state index contributed by atoms with van der Waals surface area (Å²) >= 11 is 0. The van der Waals surface area contributed by atoms with Gasteiger partial charge in [-0.15, -0.1) is 0 Å². The van der Waals surface area contributed by atoms with Crippen molar-refractivity contribution < 1.29 is 4.79 Å². The number of amides is 1. The molecule has 0 saturated carbocycles. The van der Waals surface area contributed by atoms with Gasteiger partial charge in [0.25, 0.3) is 0 Å². The summed E-state index contributed by atoms with van der Waals surface area (Å²) in [5.41, 5.74) is 0.874. The Morgan fingerprint density at radius 2 is 2.04 bits per heavy atom. The highest BCUT2D eigenvalue weighted by Gasteiger charge is 2.34. The Hall–Kier alpha value is -2.22. The van der Waals surface area contributed by atoms with Gasteiger partial charge in [0.05, 0.1) is 24.0 Å². The maximum atomic E-state index is 13.0. The quantitative estimate of drug-likeness (QED) is 0.902. The Bertz CT molecular complexity index is 765. The fourth-order valence-electron chi connectivity index (χ4n) is 3.78. The van der Waals surface area contributed by atoms with Crippen LogP contribution in [0.2, 0.25) is 0 Å². The second-order valence-electron chi connectivity index (χ2n) is 6.88. The summed E-state index contributed by atoms with van der Waals surface area (Å²) in [6, 6.07) is -0.0726. The highest BCUT2D eigenvalue weighted by molar-refractivity contribution is 5.97. The van der Waals surface area contributed by atoms with Crippen molar-refractivity contribution in [2.45, 2.75) is 57.7 Å². The zero-order valence-electron chi connectivity index (χ0n) is 14.9. The van der Waals surface area contributed by atoms with Crippen LogP contribution in [0.25, 0.3) is 0 Å². The van der Waals surface area contributed by atoms with Crippen molar-refractivity contribution in [3.63, 3.8) is 0 Å². The van der Waals surface area contributed by atoms with Crippen LogP contribution in [0.4, 0.5) is 5.69 Å². The van der Waals surface area contributed by atoms with E-state index in [1.165, 1.54) is 0 Å². The van der Waals surface area contributed by atoms with Crippen LogP contribution in [0.3, 0.4) is 0 Å². The molecule has 2 aromatic heterocycles. The molecule has 1 saturated heterocycles. The number of hydrogen-bond acceptors (Lipinski definition) is 5. The Balaban J connectivity index is 1.51. The summed E-state index contributed by atoms with van der Waals surface area (Å²) in [7, 11) is 1.87. The van der Waals surface area contributed by atoms with Gasteiger partial charge in [-0.25, -0.2) is 9.67 Å². The summed E-state index contributed by atoms with van der Waals surface area (Å²) in [6.45, 7) is 3.74. The molecule has 1 fully saturated rings. The molecule has 0 aromatic carbocycles. The first-order valence-corrected chi connectivity index (χ1v) is 9.15. The van der Waals surface area contributed by atoms with E-state index >= 15 is 0 Å². The van der Waals surface area contributed by atoms with Gasteiger partial charge in [-0.1, -0.05) is 6.92 Å². The van der Waals surface area contributed by atoms with Crippen LogP contribution in [0, 0.1) is 0 Å². The summed E-state index contributed by atoms with van der Waals surface area (Å²) in [5.74, 6) is 2.00. The van der Waals surface area contributed by atoms with Crippen LogP contribution in [0.1, 0.15) is 50.3 Å². The Morgan fingerprint density at radius 1 is 1.24 bits per heavy atom. The van der Waals surface area contributed by atoms with E-state index < -0.39 is 0 Å². The standard InChI is InChI=1S/C17H25N7O/c1-3-15-20-16-13(6-5-9-24(16)21-15)19-14-7-4-8-23(17(14)25)12-10-18-22(2)11-12/h10-11,13-14,19H,3-9H2,1-2H3/t13-,14-/m1/s1. The molecule has 4 heterocycles. The number of rotatable bonds is 4. The third kappa shape index (κ3) is 3.06. The van der Waals surface area contributed by atoms with Gasteiger partial charge in [-0.05, 0) is 25.7 Å². The molecule has 2 aliphatic rings. The Labute approximate surface area is 147 Å². The molecule has 2 aliphatic heterocycles. The lowest BCUT2D eigenvalue weighted by atomic mass is 10.0. The van der Waals surface area contributed by atoms with Gasteiger partial charge in [0.1, 0.15) is 5.82 Å². The minimum atomic E-state index is -0.174. The van der Waals surface area contributed by atoms with Crippen molar-refractivity contribution in [1.29, 1.82) is 0 Å². The van der Waals surface area contributed by atoms with Crippen LogP contribution in [0.15, 0.2) is 12.4 Å². The van der Waals surface area contributed by atoms with Gasteiger partial charge in [-0.3, -0.25) is 14.8 Å². The molecule has 2 atom stereocenters. The predicted molar refractivity (Wildman–Crippen MR) is 93.1 cm³/mol. The minimum absolute atomic E-state index is 0.101. The normalized spacial score (nSPS) is 23.8. The van der Waals surface area contributed by atoms with Gasteiger partial charge < -0.3 is 4.90 Å². The van der Waals surface area contributed by atoms with Crippen molar-refractivity contribution in [2.75, 3.05) is 11.4 Å². The second-order valence-corrected chi connectivity index (χ2v) is 6.88. The highest BCUT2D eigenvalue weighted by atomic mass is 16.2. The van der Waals surface area contributed by atoms with Crippen LogP contribution in [0.5, 0.6) is 0 Å². The van der Waals surface area contributed by atoms with Gasteiger partial charge in [0.15, 0.2) is 5.82 Å². The molecule has 25 heavy (non-hydrogen) atoms. The molecule has 8 heteroatoms. The van der Waals surface area contributed by atoms with Crippen molar-refractivity contribution in [1.82, 2.24) is 29.9 Å². The molecule has 134 valence electrons. The number of carbonyl (C=O) groups is 1. The number of nitrogens with one attached hydrogen (secondary N) is 1. The predicted octanol–water partition coefficient (Wildman–Crippen LogP) is 1.19. The maximum Gasteiger partial charge on any atom is 0.244 e. The van der Waals surface area contributed by atoms with E-state index in [0.29, 0.717) is 0 Å². The third-order valence-corrected chi connectivity index (χ3v) is 5.08. The molecule has 8 nitrogen and oxygen atoms in total. The Kier molecular flexibility index (Phi) is 4.29. The fourth-order valence-corrected chi connectivity index (χ4v) is 3.78. The van der Waals surface area contributed by atoms with Crippen molar-refractivity contribution in [3.8, 4) is 0 Å². The smallest absolute Gasteiger partial charge is 0.244 e. The minimum Gasteiger partial charge on any atom is -0.308 e. The summed E-state index contributed by atoms with van der Waals surface area (Å²) < 4.78 is 3.74. The lowest BCUT2D eigenvalue weighted by molar-refractivity contribution is -0.122. The molecular formula is C17H25N7O. The van der Waals surface area contributed by atoms with Crippen molar-refractivity contribution >= 4 is 11.6 Å². The van der Waals surface area contributed by atoms with Gasteiger partial charge >= 0.3 is 0 Å². The average molecular weight is 343 g/mol. The van der Waals surface area contributed by atoms with Gasteiger partial charge in [-0.2, -0.15) is 10.2 Å². The lowest BCUT2D eigenvalue weighted by Gasteiger charge is -2.34. The molecule has 1 N–H and O–H groups in total. The number of aryl methyl sites for hydroxylation is 3. The van der Waals surface area contributed by atoms with E-state index in [1.54, 1.807) is 10.9 Å². The molecule has 2 aromatic rings. The van der Waals surface area contributed by atoms with E-state index in [1.807, 2.05) is 22.8 Å². The average Bonchev–Trinajstić information content (AvgIpc) is 3.23. The van der Waals surface area contributed by atoms with Gasteiger partial charge in [0, 0.05) is 32.8 Å². The van der Waals surface area contributed by atoms with E-state index in [0.717, 1.165) is 62.5 Å². The Morgan fingerprint density at radius 3 is 2.80 bits per heavy atom. The molecule has 0 unspecified atom stereocenters. The molecule has 0 bridgehead atoms. The first-order valence-electron chi connectivity index (χ1n) is 9.15. The second kappa shape index (κ2) is 6.59. The van der Waals surface area contributed by atoms with Crippen LogP contribution < -0.4 is 10.2 Å². The number of piperidine rings is 1. The zero-order valence-corrected chi connectivity index (χ0v) is 14.9. The van der Waals surface area contributed by atoms with Crippen LogP contribution in [-0.2, 0) is 24.8 Å².